The van der Waals surface area contributed by atoms with E-state index in [1.807, 2.05) is 13.8 Å². The number of aryl methyl sites for hydroxylation is 2. The molecule has 3 atom stereocenters. The number of amides is 2. The van der Waals surface area contributed by atoms with Gasteiger partial charge in [0.1, 0.15) is 5.71 Å². The van der Waals surface area contributed by atoms with Crippen LogP contribution in [0.4, 0.5) is 13.4 Å². The molecule has 0 aromatic carbocycles. The van der Waals surface area contributed by atoms with Crippen LogP contribution in [0.5, 0.6) is 0 Å². The lowest BCUT2D eigenvalue weighted by Crippen LogP contribution is -2.51. The Morgan fingerprint density at radius 3 is 2.37 bits per heavy atom. The van der Waals surface area contributed by atoms with Crippen molar-refractivity contribution in [3.05, 3.63) is 40.4 Å². The standard InChI is InChI=1S/C31H41BF2N4O3/c1-20-17-22(3)37-29(20)26(30-21(2)18-23(4)38(30)32(37,33)34)13-14-28(39)35(5)15-16-36(6)31(40)41-19-27-24-11-9-7-8-10-12-25(24)27/h17-18,24-25,27H,9-16,19H2,1-6H3/t24-,25+,27?. The van der Waals surface area contributed by atoms with Gasteiger partial charge in [0, 0.05) is 76.3 Å². The van der Waals surface area contributed by atoms with Crippen LogP contribution in [0.25, 0.3) is 5.57 Å². The van der Waals surface area contributed by atoms with E-state index in [0.717, 1.165) is 51.4 Å². The Bertz CT molecular complexity index is 1410. The normalized spacial score (nSPS) is 23.8. The molecule has 1 aromatic heterocycles. The van der Waals surface area contributed by atoms with Crippen molar-refractivity contribution in [3.63, 3.8) is 0 Å². The summed E-state index contributed by atoms with van der Waals surface area (Å²) in [5.74, 6) is 7.97. The fraction of sp³-hybridized carbons (Fsp3) is 0.581. The van der Waals surface area contributed by atoms with E-state index in [0.29, 0.717) is 66.7 Å². The molecular weight excluding hydrogens is 525 g/mol. The molecule has 1 fully saturated rings. The van der Waals surface area contributed by atoms with Crippen LogP contribution in [0, 0.1) is 43.4 Å². The Morgan fingerprint density at radius 2 is 1.71 bits per heavy atom. The highest BCUT2D eigenvalue weighted by Gasteiger charge is 2.55. The molecule has 220 valence electrons. The van der Waals surface area contributed by atoms with Crippen LogP contribution >= 0.6 is 0 Å². The first-order valence-electron chi connectivity index (χ1n) is 14.8. The predicted octanol–water partition coefficient (Wildman–Crippen LogP) is 5.23. The van der Waals surface area contributed by atoms with Crippen LogP contribution in [-0.4, -0.2) is 77.2 Å². The third-order valence-electron chi connectivity index (χ3n) is 9.37. The highest BCUT2D eigenvalue weighted by atomic mass is 19.2. The molecule has 2 aliphatic carbocycles. The molecule has 0 spiro atoms. The van der Waals surface area contributed by atoms with Gasteiger partial charge >= 0.3 is 13.1 Å². The van der Waals surface area contributed by atoms with Gasteiger partial charge in [-0.15, -0.1) is 11.8 Å². The quantitative estimate of drug-likeness (QED) is 0.320. The SMILES string of the molecule is CC1=CC(C)=[N+]2C1=C(CCC(=O)N(C)CCN(C)C(=O)OCC1[C@H]3CCC#CCC[C@@H]13)c1c(C)cc(C)n1[B-]2(F)F. The number of nitrogens with zero attached hydrogens (tertiary/aromatic N) is 4. The largest absolute Gasteiger partial charge is 0.737 e. The molecule has 2 aliphatic heterocycles. The second kappa shape index (κ2) is 11.1. The van der Waals surface area contributed by atoms with Crippen molar-refractivity contribution in [2.45, 2.75) is 66.2 Å². The maximum Gasteiger partial charge on any atom is 0.737 e. The summed E-state index contributed by atoms with van der Waals surface area (Å²) < 4.78 is 39.4. The Labute approximate surface area is 241 Å². The molecule has 2 amide bonds. The summed E-state index contributed by atoms with van der Waals surface area (Å²) in [6.45, 7) is 4.23. The fourth-order valence-electron chi connectivity index (χ4n) is 7.17. The van der Waals surface area contributed by atoms with Crippen LogP contribution in [-0.2, 0) is 9.53 Å². The number of rotatable bonds is 8. The molecule has 1 unspecified atom stereocenters. The molecule has 0 radical (unpaired) electrons. The summed E-state index contributed by atoms with van der Waals surface area (Å²) in [6.07, 6.45) is 5.96. The van der Waals surface area contributed by atoms with Crippen LogP contribution in [0.15, 0.2) is 23.4 Å². The third kappa shape index (κ3) is 5.36. The lowest BCUT2D eigenvalue weighted by molar-refractivity contribution is -0.363. The summed E-state index contributed by atoms with van der Waals surface area (Å²) in [5, 5.41) is 0. The van der Waals surface area contributed by atoms with Crippen molar-refractivity contribution in [1.29, 1.82) is 0 Å². The average Bonchev–Trinajstić information content (AvgIpc) is 3.27. The van der Waals surface area contributed by atoms with Crippen molar-refractivity contribution in [3.8, 4) is 11.8 Å². The summed E-state index contributed by atoms with van der Waals surface area (Å²) >= 11 is 0. The highest BCUT2D eigenvalue weighted by Crippen LogP contribution is 2.52. The number of carbonyl (C=O) groups excluding carboxylic acids is 2. The third-order valence-corrected chi connectivity index (χ3v) is 9.37. The summed E-state index contributed by atoms with van der Waals surface area (Å²) in [4.78, 5) is 28.8. The number of fused-ring (bicyclic) bond motifs is 3. The number of carbonyl (C=O) groups is 2. The predicted molar refractivity (Wildman–Crippen MR) is 156 cm³/mol. The van der Waals surface area contributed by atoms with Gasteiger partial charge < -0.3 is 32.1 Å². The minimum Gasteiger partial charge on any atom is -0.449 e. The van der Waals surface area contributed by atoms with E-state index in [9.17, 15) is 9.59 Å². The van der Waals surface area contributed by atoms with Crippen LogP contribution in [0.3, 0.4) is 0 Å². The van der Waals surface area contributed by atoms with Gasteiger partial charge in [-0.1, -0.05) is 0 Å². The monoisotopic (exact) mass is 566 g/mol. The molecule has 1 aromatic rings. The van der Waals surface area contributed by atoms with Gasteiger partial charge in [0.2, 0.25) is 5.91 Å². The maximum atomic E-state index is 15.7. The van der Waals surface area contributed by atoms with Gasteiger partial charge in [0.05, 0.1) is 6.61 Å². The van der Waals surface area contributed by atoms with Crippen molar-refractivity contribution in [2.75, 3.05) is 33.8 Å². The van der Waals surface area contributed by atoms with Gasteiger partial charge in [-0.2, -0.15) is 0 Å². The summed E-state index contributed by atoms with van der Waals surface area (Å²) in [7, 11) is 3.40. The minimum absolute atomic E-state index is 0.0986. The van der Waals surface area contributed by atoms with Crippen LogP contribution in [0.1, 0.15) is 69.3 Å². The number of aromatic nitrogens is 1. The van der Waals surface area contributed by atoms with Crippen molar-refractivity contribution in [1.82, 2.24) is 14.3 Å². The van der Waals surface area contributed by atoms with E-state index in [4.69, 9.17) is 4.74 Å². The number of likely N-dealkylation sites (N-methyl/N-ethyl adjacent to an activating group) is 2. The van der Waals surface area contributed by atoms with Gasteiger partial charge in [-0.3, -0.25) is 4.79 Å². The molecule has 3 heterocycles. The van der Waals surface area contributed by atoms with Crippen molar-refractivity contribution >= 4 is 30.3 Å². The maximum absolute atomic E-state index is 15.7. The first kappa shape index (κ1) is 29.2. The smallest absolute Gasteiger partial charge is 0.449 e. The number of allylic oxidation sites excluding steroid dienone is 3. The van der Waals surface area contributed by atoms with Gasteiger partial charge in [0.25, 0.3) is 0 Å². The molecular formula is C31H41BF2N4O3. The average molecular weight is 567 g/mol. The number of halogens is 2. The van der Waals surface area contributed by atoms with Crippen LogP contribution < -0.4 is 0 Å². The van der Waals surface area contributed by atoms with E-state index in [1.165, 1.54) is 4.90 Å². The Balaban J connectivity index is 1.16. The highest BCUT2D eigenvalue weighted by molar-refractivity contribution is 6.58. The molecule has 5 rings (SSSR count). The summed E-state index contributed by atoms with van der Waals surface area (Å²) in [5.41, 5.74) is 4.41. The fourth-order valence-corrected chi connectivity index (χ4v) is 7.17. The molecule has 10 heteroatoms. The zero-order chi connectivity index (χ0) is 29.6. The molecule has 0 bridgehead atoms. The van der Waals surface area contributed by atoms with E-state index >= 15 is 8.63 Å². The Kier molecular flexibility index (Phi) is 7.93. The molecule has 4 aliphatic rings. The topological polar surface area (TPSA) is 57.8 Å². The lowest BCUT2D eigenvalue weighted by atomic mass is 9.84. The second-order valence-corrected chi connectivity index (χ2v) is 12.2. The number of ether oxygens (including phenoxy) is 1. The van der Waals surface area contributed by atoms with Gasteiger partial charge in [0.15, 0.2) is 5.70 Å². The van der Waals surface area contributed by atoms with Crippen LogP contribution in [0.2, 0.25) is 0 Å². The first-order valence-corrected chi connectivity index (χ1v) is 14.8. The molecule has 7 nitrogen and oxygen atoms in total. The van der Waals surface area contributed by atoms with E-state index in [1.54, 1.807) is 45.0 Å². The second-order valence-electron chi connectivity index (χ2n) is 12.2. The lowest BCUT2D eigenvalue weighted by Gasteiger charge is -2.34. The molecule has 0 saturated heterocycles. The van der Waals surface area contributed by atoms with Crippen molar-refractivity contribution in [2.24, 2.45) is 17.8 Å². The van der Waals surface area contributed by atoms with Gasteiger partial charge in [-0.05, 0) is 75.1 Å². The number of hydrogen-bond donors (Lipinski definition) is 0. The van der Waals surface area contributed by atoms with E-state index < -0.39 is 6.97 Å². The summed E-state index contributed by atoms with van der Waals surface area (Å²) in [6, 6.07) is 1.79. The minimum atomic E-state index is -4.02. The molecule has 1 saturated carbocycles. The Morgan fingerprint density at radius 1 is 1.07 bits per heavy atom. The Hall–Kier alpha value is -3.35. The molecule has 0 N–H and O–H groups in total. The first-order chi connectivity index (χ1) is 19.4. The van der Waals surface area contributed by atoms with Crippen molar-refractivity contribution < 1.29 is 27.4 Å². The van der Waals surface area contributed by atoms with E-state index in [-0.39, 0.29) is 18.4 Å². The van der Waals surface area contributed by atoms with Gasteiger partial charge in [-0.25, -0.2) is 4.79 Å². The zero-order valence-corrected chi connectivity index (χ0v) is 25.1. The molecule has 41 heavy (non-hydrogen) atoms. The van der Waals surface area contributed by atoms with E-state index in [2.05, 4.69) is 11.8 Å². The zero-order valence-electron chi connectivity index (χ0n) is 25.1. The number of hydrogen-bond acceptors (Lipinski definition) is 3.